The van der Waals surface area contributed by atoms with Gasteiger partial charge in [-0.15, -0.1) is 0 Å². The maximum atomic E-state index is 12.2. The summed E-state index contributed by atoms with van der Waals surface area (Å²) in [5.74, 6) is 0.356. The summed E-state index contributed by atoms with van der Waals surface area (Å²) in [6.45, 7) is 2.35. The molecule has 2 rings (SSSR count). The van der Waals surface area contributed by atoms with Gasteiger partial charge in [0.15, 0.2) is 9.84 Å². The van der Waals surface area contributed by atoms with Crippen LogP contribution >= 0.6 is 0 Å². The average Bonchev–Trinajstić information content (AvgIpc) is 2.47. The number of nitrogens with one attached hydrogen (secondary N) is 1. The second-order valence-electron chi connectivity index (χ2n) is 4.84. The Balaban J connectivity index is 2.19. The van der Waals surface area contributed by atoms with Crippen molar-refractivity contribution < 1.29 is 13.5 Å². The molecule has 0 fully saturated rings. The molecule has 0 saturated heterocycles. The Kier molecular flexibility index (Phi) is 4.85. The second-order valence-corrected chi connectivity index (χ2v) is 6.91. The third-order valence-corrected chi connectivity index (χ3v) is 5.09. The monoisotopic (exact) mass is 305 g/mol. The second kappa shape index (κ2) is 6.63. The molecule has 0 saturated carbocycles. The van der Waals surface area contributed by atoms with Gasteiger partial charge < -0.3 is 10.4 Å². The predicted molar refractivity (Wildman–Crippen MR) is 84.2 cm³/mol. The lowest BCUT2D eigenvalue weighted by molar-refractivity contribution is 0.475. The number of anilines is 1. The van der Waals surface area contributed by atoms with E-state index in [0.29, 0.717) is 23.5 Å². The van der Waals surface area contributed by atoms with Crippen LogP contribution in [-0.2, 0) is 16.4 Å². The molecule has 2 N–H and O–H groups in total. The van der Waals surface area contributed by atoms with E-state index in [2.05, 4.69) is 5.32 Å². The van der Waals surface area contributed by atoms with Crippen molar-refractivity contribution in [1.82, 2.24) is 0 Å². The quantitative estimate of drug-likeness (QED) is 0.860. The highest BCUT2D eigenvalue weighted by Gasteiger charge is 2.16. The molecule has 0 radical (unpaired) electrons. The van der Waals surface area contributed by atoms with E-state index < -0.39 is 9.84 Å². The summed E-state index contributed by atoms with van der Waals surface area (Å²) in [6.07, 6.45) is 0.592. The predicted octanol–water partition coefficient (Wildman–Crippen LogP) is 3.19. The van der Waals surface area contributed by atoms with Crippen LogP contribution in [0.3, 0.4) is 0 Å². The molecule has 2 aromatic carbocycles. The van der Waals surface area contributed by atoms with E-state index in [1.807, 2.05) is 13.0 Å². The molecule has 5 heteroatoms. The lowest BCUT2D eigenvalue weighted by Gasteiger charge is -2.12. The van der Waals surface area contributed by atoms with E-state index >= 15 is 0 Å². The van der Waals surface area contributed by atoms with Gasteiger partial charge in [0.05, 0.1) is 16.3 Å². The van der Waals surface area contributed by atoms with Crippen LogP contribution in [0.2, 0.25) is 0 Å². The first-order chi connectivity index (χ1) is 10.0. The van der Waals surface area contributed by atoms with Gasteiger partial charge in [-0.1, -0.05) is 31.2 Å². The van der Waals surface area contributed by atoms with Crippen LogP contribution in [0, 0.1) is 0 Å². The van der Waals surface area contributed by atoms with Crippen LogP contribution in [0.15, 0.2) is 53.4 Å². The molecule has 21 heavy (non-hydrogen) atoms. The lowest BCUT2D eigenvalue weighted by Crippen LogP contribution is -2.10. The summed E-state index contributed by atoms with van der Waals surface area (Å²) in [7, 11) is -3.25. The van der Waals surface area contributed by atoms with E-state index in [-0.39, 0.29) is 11.5 Å². The summed E-state index contributed by atoms with van der Waals surface area (Å²) in [6, 6.07) is 13.7. The topological polar surface area (TPSA) is 66.4 Å². The molecular weight excluding hydrogens is 286 g/mol. The molecule has 0 aliphatic rings. The van der Waals surface area contributed by atoms with Crippen molar-refractivity contribution >= 4 is 15.5 Å². The zero-order chi connectivity index (χ0) is 15.3. The van der Waals surface area contributed by atoms with E-state index in [1.165, 1.54) is 0 Å². The summed E-state index contributed by atoms with van der Waals surface area (Å²) >= 11 is 0. The standard InChI is InChI=1S/C16H19NO3S/c1-2-11-21(19,20)16-6-4-3-5-15(16)17-12-13-7-9-14(18)10-8-13/h3-10,17-18H,2,11-12H2,1H3. The largest absolute Gasteiger partial charge is 0.508 e. The summed E-state index contributed by atoms with van der Waals surface area (Å²) < 4.78 is 24.5. The van der Waals surface area contributed by atoms with Crippen molar-refractivity contribution in [3.8, 4) is 5.75 Å². The minimum atomic E-state index is -3.25. The van der Waals surface area contributed by atoms with Gasteiger partial charge in [-0.3, -0.25) is 0 Å². The molecule has 2 aromatic rings. The molecule has 0 spiro atoms. The maximum Gasteiger partial charge on any atom is 0.180 e. The van der Waals surface area contributed by atoms with Crippen molar-refractivity contribution in [2.24, 2.45) is 0 Å². The minimum absolute atomic E-state index is 0.144. The van der Waals surface area contributed by atoms with Gasteiger partial charge in [0, 0.05) is 6.54 Å². The molecule has 0 unspecified atom stereocenters. The van der Waals surface area contributed by atoms with Gasteiger partial charge in [-0.2, -0.15) is 0 Å². The molecular formula is C16H19NO3S. The molecule has 0 heterocycles. The normalized spacial score (nSPS) is 11.3. The Labute approximate surface area is 125 Å². The number of sulfone groups is 1. The Morgan fingerprint density at radius 3 is 2.38 bits per heavy atom. The van der Waals surface area contributed by atoms with Gasteiger partial charge in [0.2, 0.25) is 0 Å². The van der Waals surface area contributed by atoms with Gasteiger partial charge in [0.1, 0.15) is 5.75 Å². The van der Waals surface area contributed by atoms with E-state index in [4.69, 9.17) is 0 Å². The Hall–Kier alpha value is -2.01. The van der Waals surface area contributed by atoms with Crippen LogP contribution < -0.4 is 5.32 Å². The van der Waals surface area contributed by atoms with Gasteiger partial charge >= 0.3 is 0 Å². The number of phenols is 1. The van der Waals surface area contributed by atoms with E-state index in [9.17, 15) is 13.5 Å². The van der Waals surface area contributed by atoms with Crippen molar-refractivity contribution in [2.45, 2.75) is 24.8 Å². The number of rotatable bonds is 6. The first-order valence-corrected chi connectivity index (χ1v) is 8.51. The zero-order valence-electron chi connectivity index (χ0n) is 11.9. The highest BCUT2D eigenvalue weighted by molar-refractivity contribution is 7.91. The van der Waals surface area contributed by atoms with Crippen LogP contribution in [0.4, 0.5) is 5.69 Å². The lowest BCUT2D eigenvalue weighted by atomic mass is 10.2. The molecule has 0 aliphatic carbocycles. The van der Waals surface area contributed by atoms with Crippen LogP contribution in [-0.4, -0.2) is 19.3 Å². The molecule has 0 aromatic heterocycles. The molecule has 0 amide bonds. The van der Waals surface area contributed by atoms with Crippen LogP contribution in [0.1, 0.15) is 18.9 Å². The first kappa shape index (κ1) is 15.4. The smallest absolute Gasteiger partial charge is 0.180 e. The van der Waals surface area contributed by atoms with Crippen molar-refractivity contribution in [3.63, 3.8) is 0 Å². The maximum absolute atomic E-state index is 12.2. The van der Waals surface area contributed by atoms with Crippen molar-refractivity contribution in [2.75, 3.05) is 11.1 Å². The summed E-state index contributed by atoms with van der Waals surface area (Å²) in [4.78, 5) is 0.339. The number of benzene rings is 2. The molecule has 4 nitrogen and oxygen atoms in total. The fourth-order valence-electron chi connectivity index (χ4n) is 2.07. The number of hydrogen-bond acceptors (Lipinski definition) is 4. The van der Waals surface area contributed by atoms with Gasteiger partial charge in [0.25, 0.3) is 0 Å². The fraction of sp³-hybridized carbons (Fsp3) is 0.250. The number of phenolic OH excluding ortho intramolecular Hbond substituents is 1. The Morgan fingerprint density at radius 1 is 1.05 bits per heavy atom. The number of aromatic hydroxyl groups is 1. The molecule has 0 bridgehead atoms. The SMILES string of the molecule is CCCS(=O)(=O)c1ccccc1NCc1ccc(O)cc1. The molecule has 0 aliphatic heterocycles. The fourth-order valence-corrected chi connectivity index (χ4v) is 3.59. The summed E-state index contributed by atoms with van der Waals surface area (Å²) in [5, 5.41) is 12.4. The number of para-hydroxylation sites is 1. The average molecular weight is 305 g/mol. The van der Waals surface area contributed by atoms with E-state index in [0.717, 1.165) is 5.56 Å². The third-order valence-electron chi connectivity index (χ3n) is 3.11. The number of hydrogen-bond donors (Lipinski definition) is 2. The Bertz CT molecular complexity index is 694. The third kappa shape index (κ3) is 3.98. The molecule has 112 valence electrons. The Morgan fingerprint density at radius 2 is 1.71 bits per heavy atom. The minimum Gasteiger partial charge on any atom is -0.508 e. The van der Waals surface area contributed by atoms with E-state index in [1.54, 1.807) is 42.5 Å². The highest BCUT2D eigenvalue weighted by Crippen LogP contribution is 2.23. The van der Waals surface area contributed by atoms with Crippen molar-refractivity contribution in [3.05, 3.63) is 54.1 Å². The molecule has 0 atom stereocenters. The van der Waals surface area contributed by atoms with Gasteiger partial charge in [-0.25, -0.2) is 8.42 Å². The highest BCUT2D eigenvalue weighted by atomic mass is 32.2. The van der Waals surface area contributed by atoms with Crippen LogP contribution in [0.5, 0.6) is 5.75 Å². The van der Waals surface area contributed by atoms with Gasteiger partial charge in [-0.05, 0) is 36.2 Å². The zero-order valence-corrected chi connectivity index (χ0v) is 12.7. The van der Waals surface area contributed by atoms with Crippen molar-refractivity contribution in [1.29, 1.82) is 0 Å². The van der Waals surface area contributed by atoms with Crippen LogP contribution in [0.25, 0.3) is 0 Å². The first-order valence-electron chi connectivity index (χ1n) is 6.86. The summed E-state index contributed by atoms with van der Waals surface area (Å²) in [5.41, 5.74) is 1.58.